The standard InChI is InChI=1S/C10H14O4/c11-9(12)7-3-5-1-2-6(7)8(4-5)10(13)14/h5-8H,1-4H2,(H,11,12)(H,13,14). The van der Waals surface area contributed by atoms with Gasteiger partial charge in [-0.25, -0.2) is 0 Å². The summed E-state index contributed by atoms with van der Waals surface area (Å²) in [5, 5.41) is 17.9. The van der Waals surface area contributed by atoms with Gasteiger partial charge in [-0.3, -0.25) is 9.59 Å². The first-order chi connectivity index (χ1) is 6.59. The number of carboxylic acids is 2. The van der Waals surface area contributed by atoms with E-state index in [2.05, 4.69) is 0 Å². The maximum atomic E-state index is 10.9. The van der Waals surface area contributed by atoms with Crippen molar-refractivity contribution >= 4 is 11.9 Å². The molecule has 0 aromatic carbocycles. The van der Waals surface area contributed by atoms with Gasteiger partial charge in [0.05, 0.1) is 11.8 Å². The number of carboxylic acid groups (broad SMARTS) is 2. The summed E-state index contributed by atoms with van der Waals surface area (Å²) in [6.07, 6.45) is 3.16. The zero-order valence-electron chi connectivity index (χ0n) is 7.85. The Morgan fingerprint density at radius 2 is 1.43 bits per heavy atom. The maximum Gasteiger partial charge on any atom is 0.306 e. The second-order valence-electron chi connectivity index (χ2n) is 4.47. The van der Waals surface area contributed by atoms with Gasteiger partial charge in [-0.2, -0.15) is 0 Å². The number of hydrogen-bond donors (Lipinski definition) is 2. The van der Waals surface area contributed by atoms with E-state index >= 15 is 0 Å². The largest absolute Gasteiger partial charge is 0.481 e. The first kappa shape index (κ1) is 9.49. The lowest BCUT2D eigenvalue weighted by molar-refractivity contribution is -0.157. The van der Waals surface area contributed by atoms with Crippen molar-refractivity contribution in [2.75, 3.05) is 0 Å². The second-order valence-corrected chi connectivity index (χ2v) is 4.47. The molecule has 3 fully saturated rings. The molecule has 78 valence electrons. The van der Waals surface area contributed by atoms with Crippen LogP contribution in [-0.4, -0.2) is 22.2 Å². The topological polar surface area (TPSA) is 74.6 Å². The van der Waals surface area contributed by atoms with Gasteiger partial charge in [-0.1, -0.05) is 6.42 Å². The quantitative estimate of drug-likeness (QED) is 0.699. The first-order valence-corrected chi connectivity index (χ1v) is 5.05. The second kappa shape index (κ2) is 3.26. The lowest BCUT2D eigenvalue weighted by atomic mass is 9.59. The Labute approximate surface area is 81.9 Å². The van der Waals surface area contributed by atoms with Crippen LogP contribution in [0.15, 0.2) is 0 Å². The van der Waals surface area contributed by atoms with Crippen molar-refractivity contribution in [1.29, 1.82) is 0 Å². The molecule has 3 aliphatic rings. The molecule has 4 nitrogen and oxygen atoms in total. The summed E-state index contributed by atoms with van der Waals surface area (Å²) >= 11 is 0. The third-order valence-corrected chi connectivity index (χ3v) is 3.75. The lowest BCUT2D eigenvalue weighted by Gasteiger charge is -2.44. The van der Waals surface area contributed by atoms with Gasteiger partial charge in [-0.15, -0.1) is 0 Å². The number of carbonyl (C=O) groups is 2. The van der Waals surface area contributed by atoms with E-state index in [0.29, 0.717) is 18.8 Å². The van der Waals surface area contributed by atoms with E-state index in [0.717, 1.165) is 12.8 Å². The Bertz CT molecular complexity index is 249. The van der Waals surface area contributed by atoms with Gasteiger partial charge >= 0.3 is 11.9 Å². The summed E-state index contributed by atoms with van der Waals surface area (Å²) in [5.74, 6) is -2.26. The highest BCUT2D eigenvalue weighted by atomic mass is 16.4. The average molecular weight is 198 g/mol. The minimum absolute atomic E-state index is 0.130. The van der Waals surface area contributed by atoms with Gasteiger partial charge in [-0.05, 0) is 31.1 Å². The third kappa shape index (κ3) is 1.38. The Morgan fingerprint density at radius 3 is 1.79 bits per heavy atom. The van der Waals surface area contributed by atoms with Gasteiger partial charge in [0.1, 0.15) is 0 Å². The molecule has 4 heteroatoms. The fourth-order valence-electron chi connectivity index (χ4n) is 3.08. The Balaban J connectivity index is 2.19. The van der Waals surface area contributed by atoms with Gasteiger partial charge in [0, 0.05) is 0 Å². The first-order valence-electron chi connectivity index (χ1n) is 5.05. The molecule has 2 N–H and O–H groups in total. The van der Waals surface area contributed by atoms with Crippen molar-refractivity contribution in [1.82, 2.24) is 0 Å². The summed E-state index contributed by atoms with van der Waals surface area (Å²) in [4.78, 5) is 21.8. The molecule has 2 atom stereocenters. The average Bonchev–Trinajstić information content (AvgIpc) is 2.18. The van der Waals surface area contributed by atoms with Crippen LogP contribution in [-0.2, 0) is 9.59 Å². The van der Waals surface area contributed by atoms with E-state index in [1.165, 1.54) is 0 Å². The number of aliphatic carboxylic acids is 2. The zero-order valence-corrected chi connectivity index (χ0v) is 7.85. The smallest absolute Gasteiger partial charge is 0.306 e. The maximum absolute atomic E-state index is 10.9. The van der Waals surface area contributed by atoms with Crippen LogP contribution in [0.3, 0.4) is 0 Å². The van der Waals surface area contributed by atoms with Crippen molar-refractivity contribution in [3.63, 3.8) is 0 Å². The molecule has 3 aliphatic carbocycles. The van der Waals surface area contributed by atoms with Gasteiger partial charge in [0.25, 0.3) is 0 Å². The molecule has 0 aromatic rings. The number of hydrogen-bond acceptors (Lipinski definition) is 2. The van der Waals surface area contributed by atoms with Crippen molar-refractivity contribution in [3.8, 4) is 0 Å². The van der Waals surface area contributed by atoms with Crippen LogP contribution in [0.1, 0.15) is 25.7 Å². The summed E-state index contributed by atoms with van der Waals surface area (Å²) in [7, 11) is 0. The van der Waals surface area contributed by atoms with E-state index in [4.69, 9.17) is 10.2 Å². The molecule has 0 aliphatic heterocycles. The Hall–Kier alpha value is -1.06. The molecule has 2 unspecified atom stereocenters. The minimum Gasteiger partial charge on any atom is -0.481 e. The van der Waals surface area contributed by atoms with Crippen molar-refractivity contribution in [3.05, 3.63) is 0 Å². The normalized spacial score (nSPS) is 40.9. The predicted octanol–water partition coefficient (Wildman–Crippen LogP) is 1.21. The molecular weight excluding hydrogens is 184 g/mol. The molecule has 0 amide bonds. The minimum atomic E-state index is -0.814. The summed E-state index contributed by atoms with van der Waals surface area (Å²) in [6.45, 7) is 0. The molecule has 3 saturated carbocycles. The number of fused-ring (bicyclic) bond motifs is 3. The van der Waals surface area contributed by atoms with Crippen LogP contribution < -0.4 is 0 Å². The molecule has 0 heterocycles. The fourth-order valence-corrected chi connectivity index (χ4v) is 3.08. The lowest BCUT2D eigenvalue weighted by Crippen LogP contribution is -2.44. The van der Waals surface area contributed by atoms with E-state index < -0.39 is 23.8 Å². The predicted molar refractivity (Wildman–Crippen MR) is 47.7 cm³/mol. The molecule has 14 heavy (non-hydrogen) atoms. The van der Waals surface area contributed by atoms with Gasteiger partial charge in [0.2, 0.25) is 0 Å². The van der Waals surface area contributed by atoms with E-state index in [9.17, 15) is 9.59 Å². The van der Waals surface area contributed by atoms with Crippen LogP contribution in [0.5, 0.6) is 0 Å². The van der Waals surface area contributed by atoms with Gasteiger partial charge in [0.15, 0.2) is 0 Å². The van der Waals surface area contributed by atoms with Crippen LogP contribution in [0, 0.1) is 23.7 Å². The fraction of sp³-hybridized carbons (Fsp3) is 0.800. The van der Waals surface area contributed by atoms with Crippen LogP contribution in [0.25, 0.3) is 0 Å². The molecule has 3 rings (SSSR count). The van der Waals surface area contributed by atoms with Crippen LogP contribution in [0.4, 0.5) is 0 Å². The Morgan fingerprint density at radius 1 is 0.929 bits per heavy atom. The molecule has 0 radical (unpaired) electrons. The molecular formula is C10H14O4. The molecule has 0 aromatic heterocycles. The van der Waals surface area contributed by atoms with E-state index in [1.807, 2.05) is 0 Å². The SMILES string of the molecule is O=C(O)C1CC2CCC1C(C(=O)O)C2. The molecule has 0 saturated heterocycles. The van der Waals surface area contributed by atoms with E-state index in [1.54, 1.807) is 0 Å². The van der Waals surface area contributed by atoms with Crippen LogP contribution in [0.2, 0.25) is 0 Å². The van der Waals surface area contributed by atoms with Crippen molar-refractivity contribution < 1.29 is 19.8 Å². The molecule has 2 bridgehead atoms. The third-order valence-electron chi connectivity index (χ3n) is 3.75. The van der Waals surface area contributed by atoms with E-state index in [-0.39, 0.29) is 5.92 Å². The highest BCUT2D eigenvalue weighted by molar-refractivity contribution is 5.75. The highest BCUT2D eigenvalue weighted by Gasteiger charge is 2.47. The summed E-state index contributed by atoms with van der Waals surface area (Å²) in [5.41, 5.74) is 0. The van der Waals surface area contributed by atoms with Crippen molar-refractivity contribution in [2.24, 2.45) is 23.7 Å². The highest BCUT2D eigenvalue weighted by Crippen LogP contribution is 2.48. The van der Waals surface area contributed by atoms with Crippen LogP contribution >= 0.6 is 0 Å². The van der Waals surface area contributed by atoms with Crippen molar-refractivity contribution in [2.45, 2.75) is 25.7 Å². The summed E-state index contributed by atoms with van der Waals surface area (Å²) in [6, 6.07) is 0. The van der Waals surface area contributed by atoms with Gasteiger partial charge < -0.3 is 10.2 Å². The zero-order chi connectivity index (χ0) is 10.3. The number of rotatable bonds is 2. The Kier molecular flexibility index (Phi) is 2.21. The summed E-state index contributed by atoms with van der Waals surface area (Å²) < 4.78 is 0. The monoisotopic (exact) mass is 198 g/mol. The molecule has 0 spiro atoms.